The molecule has 36 heavy (non-hydrogen) atoms. The summed E-state index contributed by atoms with van der Waals surface area (Å²) in [6.45, 7) is 4.57. The lowest BCUT2D eigenvalue weighted by Gasteiger charge is -2.25. The van der Waals surface area contributed by atoms with E-state index >= 15 is 0 Å². The van der Waals surface area contributed by atoms with Gasteiger partial charge in [0.25, 0.3) is 11.7 Å². The minimum atomic E-state index is -0.956. The molecule has 3 aromatic rings. The van der Waals surface area contributed by atoms with Gasteiger partial charge < -0.3 is 19.5 Å². The summed E-state index contributed by atoms with van der Waals surface area (Å²) in [5, 5.41) is 11.3. The number of ether oxygens (including phenoxy) is 2. The van der Waals surface area contributed by atoms with Crippen molar-refractivity contribution in [2.45, 2.75) is 26.4 Å². The number of aliphatic hydroxyl groups excluding tert-OH is 1. The van der Waals surface area contributed by atoms with Gasteiger partial charge in [0.05, 0.1) is 43.1 Å². The lowest BCUT2D eigenvalue weighted by atomic mass is 9.94. The molecule has 1 aromatic heterocycles. The molecule has 2 heterocycles. The first-order valence-corrected chi connectivity index (χ1v) is 11.5. The van der Waals surface area contributed by atoms with Crippen LogP contribution in [0.2, 0.25) is 0 Å². The minimum Gasteiger partial charge on any atom is -0.507 e. The molecule has 1 saturated heterocycles. The van der Waals surface area contributed by atoms with Crippen LogP contribution in [0, 0.1) is 11.7 Å². The summed E-state index contributed by atoms with van der Waals surface area (Å²) < 4.78 is 25.3. The van der Waals surface area contributed by atoms with Gasteiger partial charge in [-0.3, -0.25) is 14.6 Å². The third-order valence-corrected chi connectivity index (χ3v) is 5.77. The van der Waals surface area contributed by atoms with Crippen LogP contribution in [0.25, 0.3) is 5.76 Å². The third kappa shape index (κ3) is 5.07. The number of likely N-dealkylation sites (tertiary alicyclic amines) is 1. The molecule has 186 valence electrons. The second kappa shape index (κ2) is 10.6. The number of benzene rings is 2. The molecule has 2 aromatic carbocycles. The normalized spacial score (nSPS) is 17.0. The van der Waals surface area contributed by atoms with Crippen LogP contribution in [-0.2, 0) is 16.1 Å². The summed E-state index contributed by atoms with van der Waals surface area (Å²) >= 11 is 0. The summed E-state index contributed by atoms with van der Waals surface area (Å²) in [5.74, 6) is -1.80. The molecular formula is C28H27FN2O5. The minimum absolute atomic E-state index is 0.0226. The highest BCUT2D eigenvalue weighted by molar-refractivity contribution is 6.46. The van der Waals surface area contributed by atoms with Crippen LogP contribution in [0.1, 0.15) is 36.7 Å². The molecule has 1 aliphatic rings. The van der Waals surface area contributed by atoms with Gasteiger partial charge in [0.15, 0.2) is 0 Å². The van der Waals surface area contributed by atoms with Crippen molar-refractivity contribution in [3.63, 3.8) is 0 Å². The van der Waals surface area contributed by atoms with Crippen LogP contribution in [-0.4, -0.2) is 40.4 Å². The molecule has 1 fully saturated rings. The molecule has 0 radical (unpaired) electrons. The Hall–Kier alpha value is -4.20. The van der Waals surface area contributed by atoms with Gasteiger partial charge in [-0.25, -0.2) is 4.39 Å². The molecule has 1 N–H and O–H groups in total. The molecule has 0 spiro atoms. The Morgan fingerprint density at radius 2 is 1.92 bits per heavy atom. The maximum absolute atomic E-state index is 14.1. The Labute approximate surface area is 208 Å². The van der Waals surface area contributed by atoms with Crippen molar-refractivity contribution in [2.75, 3.05) is 13.7 Å². The summed E-state index contributed by atoms with van der Waals surface area (Å²) in [4.78, 5) is 32.2. The Balaban J connectivity index is 1.87. The molecule has 1 amide bonds. The van der Waals surface area contributed by atoms with Crippen LogP contribution in [0.15, 0.2) is 72.4 Å². The first kappa shape index (κ1) is 24.9. The zero-order valence-corrected chi connectivity index (χ0v) is 20.3. The van der Waals surface area contributed by atoms with Crippen LogP contribution in [0.4, 0.5) is 4.39 Å². The highest BCUT2D eigenvalue weighted by atomic mass is 19.1. The fraction of sp³-hybridized carbons (Fsp3) is 0.250. The SMILES string of the molecule is COc1ccc(F)cc1/C(O)=C1\C(=O)C(=O)N(Cc2ccccn2)C1c1cccc(OCC(C)C)c1. The summed E-state index contributed by atoms with van der Waals surface area (Å²) in [5.41, 5.74) is 0.939. The Bertz CT molecular complexity index is 1310. The molecule has 1 aliphatic heterocycles. The molecular weight excluding hydrogens is 463 g/mol. The number of hydrogen-bond donors (Lipinski definition) is 1. The Morgan fingerprint density at radius 1 is 1.11 bits per heavy atom. The van der Waals surface area contributed by atoms with Crippen molar-refractivity contribution in [2.24, 2.45) is 5.92 Å². The molecule has 0 aliphatic carbocycles. The average Bonchev–Trinajstić information content (AvgIpc) is 3.12. The molecule has 0 bridgehead atoms. The van der Waals surface area contributed by atoms with Crippen molar-refractivity contribution in [1.82, 2.24) is 9.88 Å². The van der Waals surface area contributed by atoms with Gasteiger partial charge in [-0.2, -0.15) is 0 Å². The van der Waals surface area contributed by atoms with Crippen LogP contribution >= 0.6 is 0 Å². The number of Topliss-reactive ketones (excluding diaryl/α,β-unsaturated/α-hetero) is 1. The van der Waals surface area contributed by atoms with Crippen molar-refractivity contribution in [1.29, 1.82) is 0 Å². The summed E-state index contributed by atoms with van der Waals surface area (Å²) in [6, 6.07) is 15.0. The highest BCUT2D eigenvalue weighted by Crippen LogP contribution is 2.42. The van der Waals surface area contributed by atoms with Crippen molar-refractivity contribution < 1.29 is 28.6 Å². The fourth-order valence-corrected chi connectivity index (χ4v) is 4.10. The van der Waals surface area contributed by atoms with E-state index in [2.05, 4.69) is 4.98 Å². The van der Waals surface area contributed by atoms with E-state index in [9.17, 15) is 19.1 Å². The largest absolute Gasteiger partial charge is 0.507 e. The van der Waals surface area contributed by atoms with E-state index in [1.807, 2.05) is 13.8 Å². The van der Waals surface area contributed by atoms with Gasteiger partial charge in [-0.15, -0.1) is 0 Å². The number of halogens is 1. The number of nitrogens with zero attached hydrogens (tertiary/aromatic N) is 2. The number of pyridine rings is 1. The monoisotopic (exact) mass is 490 g/mol. The molecule has 7 nitrogen and oxygen atoms in total. The number of aliphatic hydroxyl groups is 1. The lowest BCUT2D eigenvalue weighted by Crippen LogP contribution is -2.29. The number of carbonyl (C=O) groups is 2. The molecule has 8 heteroatoms. The zero-order valence-electron chi connectivity index (χ0n) is 20.3. The molecule has 1 atom stereocenters. The number of methoxy groups -OCH3 is 1. The number of amides is 1. The quantitative estimate of drug-likeness (QED) is 0.275. The van der Waals surface area contributed by atoms with Crippen molar-refractivity contribution in [3.05, 3.63) is 95.1 Å². The number of carbonyl (C=O) groups excluding carboxylic acids is 2. The number of aromatic nitrogens is 1. The van der Waals surface area contributed by atoms with E-state index in [-0.39, 0.29) is 23.4 Å². The summed E-state index contributed by atoms with van der Waals surface area (Å²) in [6.07, 6.45) is 1.60. The van der Waals surface area contributed by atoms with E-state index in [0.29, 0.717) is 29.5 Å². The lowest BCUT2D eigenvalue weighted by molar-refractivity contribution is -0.140. The van der Waals surface area contributed by atoms with Gasteiger partial charge >= 0.3 is 0 Å². The van der Waals surface area contributed by atoms with E-state index in [1.165, 1.54) is 24.1 Å². The zero-order chi connectivity index (χ0) is 25.8. The fourth-order valence-electron chi connectivity index (χ4n) is 4.10. The predicted octanol–water partition coefficient (Wildman–Crippen LogP) is 4.89. The van der Waals surface area contributed by atoms with Crippen LogP contribution in [0.3, 0.4) is 0 Å². The van der Waals surface area contributed by atoms with E-state index in [4.69, 9.17) is 9.47 Å². The smallest absolute Gasteiger partial charge is 0.296 e. The molecule has 4 rings (SSSR count). The van der Waals surface area contributed by atoms with Gasteiger partial charge in [-0.1, -0.05) is 32.0 Å². The predicted molar refractivity (Wildman–Crippen MR) is 132 cm³/mol. The maximum atomic E-state index is 14.1. The van der Waals surface area contributed by atoms with E-state index < -0.39 is 29.3 Å². The molecule has 1 unspecified atom stereocenters. The van der Waals surface area contributed by atoms with E-state index in [0.717, 1.165) is 6.07 Å². The van der Waals surface area contributed by atoms with Crippen molar-refractivity contribution in [3.8, 4) is 11.5 Å². The first-order valence-electron chi connectivity index (χ1n) is 11.5. The number of rotatable bonds is 8. The van der Waals surface area contributed by atoms with Crippen molar-refractivity contribution >= 4 is 17.4 Å². The highest BCUT2D eigenvalue weighted by Gasteiger charge is 2.46. The number of hydrogen-bond acceptors (Lipinski definition) is 6. The summed E-state index contributed by atoms with van der Waals surface area (Å²) in [7, 11) is 1.37. The Kier molecular flexibility index (Phi) is 7.33. The van der Waals surface area contributed by atoms with Gasteiger partial charge in [0.1, 0.15) is 23.1 Å². The van der Waals surface area contributed by atoms with Gasteiger partial charge in [0, 0.05) is 6.20 Å². The third-order valence-electron chi connectivity index (χ3n) is 5.77. The van der Waals surface area contributed by atoms with Crippen LogP contribution in [0.5, 0.6) is 11.5 Å². The second-order valence-corrected chi connectivity index (χ2v) is 8.87. The van der Waals surface area contributed by atoms with Gasteiger partial charge in [0.2, 0.25) is 0 Å². The van der Waals surface area contributed by atoms with E-state index in [1.54, 1.807) is 48.7 Å². The second-order valence-electron chi connectivity index (χ2n) is 8.87. The average molecular weight is 491 g/mol. The Morgan fingerprint density at radius 3 is 2.61 bits per heavy atom. The number of ketones is 1. The van der Waals surface area contributed by atoms with Crippen LogP contribution < -0.4 is 9.47 Å². The topological polar surface area (TPSA) is 89.0 Å². The standard InChI is InChI=1S/C28H27FN2O5/c1-17(2)16-36-21-9-6-7-18(13-21)25-24(26(32)22-14-19(29)10-11-23(22)35-3)27(33)28(34)31(25)15-20-8-4-5-12-30-20/h4-14,17,25,32H,15-16H2,1-3H3/b26-24+. The first-order chi connectivity index (χ1) is 17.3. The van der Waals surface area contributed by atoms with Gasteiger partial charge in [-0.05, 0) is 53.9 Å². The maximum Gasteiger partial charge on any atom is 0.296 e. The molecule has 0 saturated carbocycles.